The van der Waals surface area contributed by atoms with Gasteiger partial charge in [0.05, 0.1) is 0 Å². The molecule has 0 aliphatic rings. The van der Waals surface area contributed by atoms with Gasteiger partial charge in [0.2, 0.25) is 5.91 Å². The molecule has 7 nitrogen and oxygen atoms in total. The van der Waals surface area contributed by atoms with Gasteiger partial charge in [-0.3, -0.25) is 4.79 Å². The van der Waals surface area contributed by atoms with Gasteiger partial charge < -0.3 is 5.32 Å². The fourth-order valence-corrected chi connectivity index (χ4v) is 1.79. The quantitative estimate of drug-likeness (QED) is 0.763. The summed E-state index contributed by atoms with van der Waals surface area (Å²) in [7, 11) is 1.50. The Hall–Kier alpha value is -1.96. The van der Waals surface area contributed by atoms with Gasteiger partial charge in [-0.2, -0.15) is 9.36 Å². The molecule has 0 saturated heterocycles. The van der Waals surface area contributed by atoms with E-state index in [1.165, 1.54) is 18.4 Å². The largest absolute Gasteiger partial charge is 0.369 e. The van der Waals surface area contributed by atoms with Crippen LogP contribution in [0.5, 0.6) is 0 Å². The minimum Gasteiger partial charge on any atom is -0.358 e. The SMILES string of the molecule is CNC(=O)Cn1nnn(-c2cccs2)c1=O. The Labute approximate surface area is 94.3 Å². The number of hydrogen-bond donors (Lipinski definition) is 1. The maximum atomic E-state index is 11.7. The highest BCUT2D eigenvalue weighted by Crippen LogP contribution is 2.10. The molecule has 0 saturated carbocycles. The van der Waals surface area contributed by atoms with Gasteiger partial charge in [-0.25, -0.2) is 4.79 Å². The number of hydrogen-bond acceptors (Lipinski definition) is 5. The van der Waals surface area contributed by atoms with E-state index in [-0.39, 0.29) is 12.5 Å². The van der Waals surface area contributed by atoms with Crippen molar-refractivity contribution in [3.63, 3.8) is 0 Å². The second-order valence-corrected chi connectivity index (χ2v) is 3.88. The molecule has 0 aliphatic heterocycles. The maximum absolute atomic E-state index is 11.7. The Morgan fingerprint density at radius 1 is 1.56 bits per heavy atom. The van der Waals surface area contributed by atoms with Crippen molar-refractivity contribution in [2.75, 3.05) is 7.05 Å². The summed E-state index contributed by atoms with van der Waals surface area (Å²) in [6.45, 7) is -0.124. The van der Waals surface area contributed by atoms with Crippen LogP contribution in [-0.2, 0) is 11.3 Å². The molecule has 0 radical (unpaired) electrons. The van der Waals surface area contributed by atoms with E-state index < -0.39 is 5.69 Å². The minimum atomic E-state index is -0.425. The van der Waals surface area contributed by atoms with E-state index in [4.69, 9.17) is 0 Å². The highest BCUT2D eigenvalue weighted by atomic mass is 32.1. The first-order chi connectivity index (χ1) is 7.72. The van der Waals surface area contributed by atoms with Crippen molar-refractivity contribution in [1.29, 1.82) is 0 Å². The van der Waals surface area contributed by atoms with E-state index in [0.29, 0.717) is 5.00 Å². The molecule has 0 spiro atoms. The van der Waals surface area contributed by atoms with E-state index in [1.54, 1.807) is 6.07 Å². The van der Waals surface area contributed by atoms with Crippen molar-refractivity contribution in [3.05, 3.63) is 28.0 Å². The molecular weight excluding hydrogens is 230 g/mol. The molecule has 2 rings (SSSR count). The summed E-state index contributed by atoms with van der Waals surface area (Å²) in [5.41, 5.74) is -0.425. The van der Waals surface area contributed by atoms with Gasteiger partial charge in [-0.15, -0.1) is 11.3 Å². The van der Waals surface area contributed by atoms with Crippen LogP contribution in [0.3, 0.4) is 0 Å². The number of carbonyl (C=O) groups is 1. The van der Waals surface area contributed by atoms with Crippen LogP contribution in [0, 0.1) is 0 Å². The number of rotatable bonds is 3. The van der Waals surface area contributed by atoms with Gasteiger partial charge in [-0.05, 0) is 27.9 Å². The fourth-order valence-electron chi connectivity index (χ4n) is 1.12. The monoisotopic (exact) mass is 239 g/mol. The normalized spacial score (nSPS) is 10.3. The molecule has 0 atom stereocenters. The second kappa shape index (κ2) is 4.27. The Morgan fingerprint density at radius 2 is 2.38 bits per heavy atom. The van der Waals surface area contributed by atoms with Crippen LogP contribution in [0.4, 0.5) is 0 Å². The Morgan fingerprint density at radius 3 is 3.00 bits per heavy atom. The zero-order valence-electron chi connectivity index (χ0n) is 8.45. The molecule has 0 aliphatic carbocycles. The molecule has 0 unspecified atom stereocenters. The first kappa shape index (κ1) is 10.6. The molecule has 8 heteroatoms. The van der Waals surface area contributed by atoms with Crippen molar-refractivity contribution in [2.45, 2.75) is 6.54 Å². The predicted molar refractivity (Wildman–Crippen MR) is 57.6 cm³/mol. The van der Waals surface area contributed by atoms with E-state index >= 15 is 0 Å². The summed E-state index contributed by atoms with van der Waals surface area (Å²) in [4.78, 5) is 22.8. The summed E-state index contributed by atoms with van der Waals surface area (Å²) in [6, 6.07) is 3.56. The third-order valence-electron chi connectivity index (χ3n) is 1.93. The maximum Gasteiger partial charge on any atom is 0.369 e. The summed E-state index contributed by atoms with van der Waals surface area (Å²) in [6.07, 6.45) is 0. The average molecular weight is 239 g/mol. The fraction of sp³-hybridized carbons (Fsp3) is 0.250. The third kappa shape index (κ3) is 1.87. The number of carbonyl (C=O) groups excluding carboxylic acids is 1. The molecule has 84 valence electrons. The molecule has 2 heterocycles. The lowest BCUT2D eigenvalue weighted by atomic mass is 10.6. The Bertz CT molecular complexity index is 541. The summed E-state index contributed by atoms with van der Waals surface area (Å²) < 4.78 is 2.17. The van der Waals surface area contributed by atoms with Crippen molar-refractivity contribution in [3.8, 4) is 5.00 Å². The molecule has 0 aromatic carbocycles. The zero-order chi connectivity index (χ0) is 11.5. The molecule has 1 N–H and O–H groups in total. The van der Waals surface area contributed by atoms with Crippen molar-refractivity contribution < 1.29 is 4.79 Å². The van der Waals surface area contributed by atoms with Crippen LogP contribution >= 0.6 is 11.3 Å². The lowest BCUT2D eigenvalue weighted by molar-refractivity contribution is -0.121. The lowest BCUT2D eigenvalue weighted by Crippen LogP contribution is -2.31. The number of nitrogens with one attached hydrogen (secondary N) is 1. The predicted octanol–water partition coefficient (Wildman–Crippen LogP) is -0.763. The summed E-state index contributed by atoms with van der Waals surface area (Å²) in [5, 5.41) is 12.2. The topological polar surface area (TPSA) is 81.8 Å². The lowest BCUT2D eigenvalue weighted by Gasteiger charge is -1.96. The first-order valence-corrected chi connectivity index (χ1v) is 5.37. The standard InChI is InChI=1S/C8H9N5O2S/c1-9-6(14)5-12-8(15)13(11-10-12)7-3-2-4-16-7/h2-4H,5H2,1H3,(H,9,14). The van der Waals surface area contributed by atoms with Gasteiger partial charge >= 0.3 is 5.69 Å². The van der Waals surface area contributed by atoms with Crippen molar-refractivity contribution in [1.82, 2.24) is 25.1 Å². The Balaban J connectivity index is 2.32. The van der Waals surface area contributed by atoms with E-state index in [9.17, 15) is 9.59 Å². The molecule has 1 amide bonds. The second-order valence-electron chi connectivity index (χ2n) is 2.96. The number of thiophene rings is 1. The number of amides is 1. The number of nitrogens with zero attached hydrogens (tertiary/aromatic N) is 4. The molecule has 2 aromatic heterocycles. The van der Waals surface area contributed by atoms with Gasteiger partial charge in [0.25, 0.3) is 0 Å². The van der Waals surface area contributed by atoms with Gasteiger partial charge in [0, 0.05) is 7.05 Å². The number of likely N-dealkylation sites (N-methyl/N-ethyl adjacent to an activating group) is 1. The average Bonchev–Trinajstić information content (AvgIpc) is 2.89. The van der Waals surface area contributed by atoms with Gasteiger partial charge in [-0.1, -0.05) is 0 Å². The molecule has 2 aromatic rings. The zero-order valence-corrected chi connectivity index (χ0v) is 9.27. The minimum absolute atomic E-state index is 0.124. The highest BCUT2D eigenvalue weighted by Gasteiger charge is 2.11. The molecule has 0 fully saturated rings. The van der Waals surface area contributed by atoms with Crippen LogP contribution in [0.1, 0.15) is 0 Å². The van der Waals surface area contributed by atoms with Gasteiger partial charge in [0.15, 0.2) is 0 Å². The van der Waals surface area contributed by atoms with Crippen molar-refractivity contribution in [2.24, 2.45) is 0 Å². The van der Waals surface area contributed by atoms with E-state index in [2.05, 4.69) is 15.7 Å². The Kier molecular flexibility index (Phi) is 2.82. The smallest absolute Gasteiger partial charge is 0.358 e. The van der Waals surface area contributed by atoms with Gasteiger partial charge in [0.1, 0.15) is 11.5 Å². The van der Waals surface area contributed by atoms with Crippen LogP contribution in [0.25, 0.3) is 5.00 Å². The third-order valence-corrected chi connectivity index (χ3v) is 2.77. The van der Waals surface area contributed by atoms with Crippen LogP contribution in [-0.4, -0.2) is 32.7 Å². The van der Waals surface area contributed by atoms with Crippen LogP contribution in [0.2, 0.25) is 0 Å². The van der Waals surface area contributed by atoms with E-state index in [1.807, 2.05) is 11.4 Å². The number of aromatic nitrogens is 4. The first-order valence-electron chi connectivity index (χ1n) is 4.49. The highest BCUT2D eigenvalue weighted by molar-refractivity contribution is 7.12. The molecule has 0 bridgehead atoms. The van der Waals surface area contributed by atoms with E-state index in [0.717, 1.165) is 9.36 Å². The summed E-state index contributed by atoms with van der Waals surface area (Å²) in [5.74, 6) is -0.291. The number of tetrazole rings is 1. The molecular formula is C8H9N5O2S. The van der Waals surface area contributed by atoms with Crippen molar-refractivity contribution >= 4 is 17.2 Å². The summed E-state index contributed by atoms with van der Waals surface area (Å²) >= 11 is 1.37. The van der Waals surface area contributed by atoms with Crippen LogP contribution < -0.4 is 11.0 Å². The molecule has 16 heavy (non-hydrogen) atoms. The van der Waals surface area contributed by atoms with Crippen LogP contribution in [0.15, 0.2) is 22.3 Å².